The zero-order valence-electron chi connectivity index (χ0n) is 11.1. The molecular formula is C15H22N2O. The predicted molar refractivity (Wildman–Crippen MR) is 72.1 cm³/mol. The van der Waals surface area contributed by atoms with Crippen molar-refractivity contribution in [1.29, 1.82) is 0 Å². The highest BCUT2D eigenvalue weighted by atomic mass is 16.2. The zero-order chi connectivity index (χ0) is 12.8. The van der Waals surface area contributed by atoms with Crippen LogP contribution >= 0.6 is 0 Å². The second kappa shape index (κ2) is 6.53. The van der Waals surface area contributed by atoms with Gasteiger partial charge in [-0.25, -0.2) is 0 Å². The Hall–Kier alpha value is -1.38. The molecule has 1 fully saturated rings. The van der Waals surface area contributed by atoms with Crippen molar-refractivity contribution >= 4 is 5.91 Å². The summed E-state index contributed by atoms with van der Waals surface area (Å²) in [6, 6.07) is 4.29. The van der Waals surface area contributed by atoms with Crippen molar-refractivity contribution in [2.45, 2.75) is 51.5 Å². The fraction of sp³-hybridized carbons (Fsp3) is 0.600. The molecule has 3 nitrogen and oxygen atoms in total. The number of aromatic nitrogens is 1. The fourth-order valence-electron chi connectivity index (χ4n) is 2.62. The molecule has 1 saturated heterocycles. The Bertz CT molecular complexity index is 377. The number of hydrogen-bond donors (Lipinski definition) is 0. The van der Waals surface area contributed by atoms with Crippen LogP contribution in [-0.4, -0.2) is 22.3 Å². The van der Waals surface area contributed by atoms with Gasteiger partial charge in [-0.2, -0.15) is 0 Å². The van der Waals surface area contributed by atoms with E-state index in [1.54, 1.807) is 6.20 Å². The Morgan fingerprint density at radius 3 is 3.11 bits per heavy atom. The van der Waals surface area contributed by atoms with Gasteiger partial charge in [0.15, 0.2) is 0 Å². The van der Waals surface area contributed by atoms with Crippen molar-refractivity contribution in [3.8, 4) is 0 Å². The standard InChI is InChI=1S/C15H22N2O/c1-2-3-9-15(18)17-11-5-4-8-14(17)13-7-6-10-16-12-13/h6-7,10,12,14H,2-5,8-9,11H2,1H3/t14-/m0/s1. The molecule has 3 heteroatoms. The van der Waals surface area contributed by atoms with E-state index in [1.165, 1.54) is 12.0 Å². The van der Waals surface area contributed by atoms with Gasteiger partial charge in [-0.05, 0) is 37.3 Å². The molecule has 1 atom stereocenters. The Morgan fingerprint density at radius 1 is 1.50 bits per heavy atom. The maximum atomic E-state index is 12.2. The van der Waals surface area contributed by atoms with Crippen molar-refractivity contribution in [3.63, 3.8) is 0 Å². The summed E-state index contributed by atoms with van der Waals surface area (Å²) in [5.74, 6) is 0.311. The van der Waals surface area contributed by atoms with E-state index >= 15 is 0 Å². The SMILES string of the molecule is CCCCC(=O)N1CCCC[C@H]1c1cccnc1. The fourth-order valence-corrected chi connectivity index (χ4v) is 2.62. The van der Waals surface area contributed by atoms with Crippen LogP contribution in [0.25, 0.3) is 0 Å². The third kappa shape index (κ3) is 3.09. The number of hydrogen-bond acceptors (Lipinski definition) is 2. The van der Waals surface area contributed by atoms with Gasteiger partial charge in [0.05, 0.1) is 6.04 Å². The molecule has 1 aliphatic heterocycles. The van der Waals surface area contributed by atoms with Gasteiger partial charge in [-0.15, -0.1) is 0 Å². The molecule has 1 aromatic rings. The van der Waals surface area contributed by atoms with Gasteiger partial charge in [0.1, 0.15) is 0 Å². The van der Waals surface area contributed by atoms with Crippen molar-refractivity contribution in [1.82, 2.24) is 9.88 Å². The monoisotopic (exact) mass is 246 g/mol. The highest BCUT2D eigenvalue weighted by Crippen LogP contribution is 2.31. The second-order valence-corrected chi connectivity index (χ2v) is 4.99. The first-order valence-electron chi connectivity index (χ1n) is 7.02. The first-order chi connectivity index (χ1) is 8.83. The number of likely N-dealkylation sites (tertiary alicyclic amines) is 1. The minimum atomic E-state index is 0.247. The maximum absolute atomic E-state index is 12.2. The zero-order valence-corrected chi connectivity index (χ0v) is 11.1. The lowest BCUT2D eigenvalue weighted by molar-refractivity contribution is -0.135. The van der Waals surface area contributed by atoms with Gasteiger partial charge in [0.2, 0.25) is 5.91 Å². The second-order valence-electron chi connectivity index (χ2n) is 4.99. The Morgan fingerprint density at radius 2 is 2.39 bits per heavy atom. The Kier molecular flexibility index (Phi) is 4.73. The molecule has 0 aromatic carbocycles. The Labute approximate surface area is 109 Å². The lowest BCUT2D eigenvalue weighted by Crippen LogP contribution is -2.38. The van der Waals surface area contributed by atoms with Gasteiger partial charge < -0.3 is 4.90 Å². The van der Waals surface area contributed by atoms with Gasteiger partial charge in [-0.3, -0.25) is 9.78 Å². The third-order valence-corrected chi connectivity index (χ3v) is 3.64. The van der Waals surface area contributed by atoms with E-state index in [4.69, 9.17) is 0 Å². The summed E-state index contributed by atoms with van der Waals surface area (Å²) in [6.07, 6.45) is 9.86. The summed E-state index contributed by atoms with van der Waals surface area (Å²) in [7, 11) is 0. The minimum Gasteiger partial charge on any atom is -0.336 e. The van der Waals surface area contributed by atoms with E-state index in [0.29, 0.717) is 12.3 Å². The summed E-state index contributed by atoms with van der Waals surface area (Å²) >= 11 is 0. The largest absolute Gasteiger partial charge is 0.336 e. The first kappa shape index (κ1) is 13.1. The van der Waals surface area contributed by atoms with Gasteiger partial charge >= 0.3 is 0 Å². The summed E-state index contributed by atoms with van der Waals surface area (Å²) in [6.45, 7) is 3.03. The number of carbonyl (C=O) groups excluding carboxylic acids is 1. The molecular weight excluding hydrogens is 224 g/mol. The lowest BCUT2D eigenvalue weighted by atomic mass is 9.96. The molecule has 18 heavy (non-hydrogen) atoms. The van der Waals surface area contributed by atoms with Gasteiger partial charge in [0, 0.05) is 25.4 Å². The summed E-state index contributed by atoms with van der Waals surface area (Å²) in [5.41, 5.74) is 1.18. The molecule has 0 unspecified atom stereocenters. The van der Waals surface area contributed by atoms with Crippen LogP contribution < -0.4 is 0 Å². The van der Waals surface area contributed by atoms with Crippen LogP contribution in [0.1, 0.15) is 57.1 Å². The summed E-state index contributed by atoms with van der Waals surface area (Å²) < 4.78 is 0. The minimum absolute atomic E-state index is 0.247. The number of amides is 1. The van der Waals surface area contributed by atoms with Crippen LogP contribution in [0.5, 0.6) is 0 Å². The Balaban J connectivity index is 2.09. The topological polar surface area (TPSA) is 33.2 Å². The van der Waals surface area contributed by atoms with E-state index < -0.39 is 0 Å². The molecule has 1 aliphatic rings. The molecule has 0 spiro atoms. The molecule has 1 aromatic heterocycles. The number of pyridine rings is 1. The average molecular weight is 246 g/mol. The molecule has 0 saturated carbocycles. The highest BCUT2D eigenvalue weighted by Gasteiger charge is 2.27. The van der Waals surface area contributed by atoms with Crippen LogP contribution in [0.2, 0.25) is 0 Å². The maximum Gasteiger partial charge on any atom is 0.223 e. The van der Waals surface area contributed by atoms with E-state index in [2.05, 4.69) is 22.9 Å². The molecule has 0 bridgehead atoms. The molecule has 2 heterocycles. The van der Waals surface area contributed by atoms with Crippen LogP contribution in [0.3, 0.4) is 0 Å². The number of nitrogens with zero attached hydrogens (tertiary/aromatic N) is 2. The third-order valence-electron chi connectivity index (χ3n) is 3.64. The quantitative estimate of drug-likeness (QED) is 0.816. The van der Waals surface area contributed by atoms with Crippen molar-refractivity contribution in [2.75, 3.05) is 6.54 Å². The smallest absolute Gasteiger partial charge is 0.223 e. The van der Waals surface area contributed by atoms with E-state index in [1.807, 2.05) is 12.3 Å². The van der Waals surface area contributed by atoms with Crippen LogP contribution in [-0.2, 0) is 4.79 Å². The van der Waals surface area contributed by atoms with Gasteiger partial charge in [-0.1, -0.05) is 19.4 Å². The molecule has 1 amide bonds. The van der Waals surface area contributed by atoms with E-state index in [0.717, 1.165) is 32.2 Å². The number of carbonyl (C=O) groups is 1. The summed E-state index contributed by atoms with van der Waals surface area (Å²) in [5, 5.41) is 0. The molecule has 0 aliphatic carbocycles. The number of piperidine rings is 1. The number of unbranched alkanes of at least 4 members (excludes halogenated alkanes) is 1. The molecule has 2 rings (SSSR count). The summed E-state index contributed by atoms with van der Waals surface area (Å²) in [4.78, 5) is 18.5. The van der Waals surface area contributed by atoms with Crippen molar-refractivity contribution < 1.29 is 4.79 Å². The lowest BCUT2D eigenvalue weighted by Gasteiger charge is -2.36. The van der Waals surface area contributed by atoms with E-state index in [9.17, 15) is 4.79 Å². The molecule has 0 radical (unpaired) electrons. The highest BCUT2D eigenvalue weighted by molar-refractivity contribution is 5.76. The average Bonchev–Trinajstić information content (AvgIpc) is 2.45. The van der Waals surface area contributed by atoms with Crippen LogP contribution in [0, 0.1) is 0 Å². The van der Waals surface area contributed by atoms with Crippen LogP contribution in [0.15, 0.2) is 24.5 Å². The van der Waals surface area contributed by atoms with Crippen LogP contribution in [0.4, 0.5) is 0 Å². The normalized spacial score (nSPS) is 19.8. The van der Waals surface area contributed by atoms with E-state index in [-0.39, 0.29) is 6.04 Å². The molecule has 0 N–H and O–H groups in total. The number of rotatable bonds is 4. The first-order valence-corrected chi connectivity index (χ1v) is 7.02. The molecule has 98 valence electrons. The van der Waals surface area contributed by atoms with Gasteiger partial charge in [0.25, 0.3) is 0 Å². The predicted octanol–water partition coefficient (Wildman–Crippen LogP) is 3.33. The van der Waals surface area contributed by atoms with Crippen molar-refractivity contribution in [3.05, 3.63) is 30.1 Å². The van der Waals surface area contributed by atoms with Crippen molar-refractivity contribution in [2.24, 2.45) is 0 Å².